The molecule has 4 rings (SSSR count). The van der Waals surface area contributed by atoms with Gasteiger partial charge in [-0.25, -0.2) is 4.98 Å². The predicted octanol–water partition coefficient (Wildman–Crippen LogP) is 3.43. The van der Waals surface area contributed by atoms with Gasteiger partial charge in [0.2, 0.25) is 0 Å². The van der Waals surface area contributed by atoms with Gasteiger partial charge in [-0.15, -0.1) is 0 Å². The number of nitrogens with zero attached hydrogens (tertiary/aromatic N) is 3. The van der Waals surface area contributed by atoms with Crippen LogP contribution in [0.3, 0.4) is 0 Å². The van der Waals surface area contributed by atoms with Crippen LogP contribution < -0.4 is 15.4 Å². The molecule has 0 aliphatic carbocycles. The summed E-state index contributed by atoms with van der Waals surface area (Å²) in [7, 11) is 1.79. The lowest BCUT2D eigenvalue weighted by molar-refractivity contribution is 0.166. The number of hydrogen-bond donors (Lipinski definition) is 2. The van der Waals surface area contributed by atoms with Gasteiger partial charge < -0.3 is 24.7 Å². The van der Waals surface area contributed by atoms with Gasteiger partial charge in [0.05, 0.1) is 24.2 Å². The van der Waals surface area contributed by atoms with Crippen molar-refractivity contribution in [2.45, 2.75) is 33.4 Å². The molecule has 7 nitrogen and oxygen atoms in total. The van der Waals surface area contributed by atoms with E-state index in [4.69, 9.17) is 9.47 Å². The van der Waals surface area contributed by atoms with E-state index in [2.05, 4.69) is 62.4 Å². The van der Waals surface area contributed by atoms with E-state index < -0.39 is 0 Å². The van der Waals surface area contributed by atoms with Gasteiger partial charge in [0, 0.05) is 44.8 Å². The normalized spacial score (nSPS) is 16.5. The fourth-order valence-electron chi connectivity index (χ4n) is 4.03. The van der Waals surface area contributed by atoms with Crippen LogP contribution in [0, 0.1) is 19.8 Å². The van der Waals surface area contributed by atoms with E-state index in [1.807, 2.05) is 19.1 Å². The first-order chi connectivity index (χ1) is 15.6. The fourth-order valence-corrected chi connectivity index (χ4v) is 4.03. The first-order valence-electron chi connectivity index (χ1n) is 11.3. The molecule has 2 aromatic carbocycles. The van der Waals surface area contributed by atoms with E-state index in [-0.39, 0.29) is 0 Å². The average molecular weight is 436 g/mol. The zero-order valence-electron chi connectivity index (χ0n) is 19.2. The molecule has 0 saturated carbocycles. The summed E-state index contributed by atoms with van der Waals surface area (Å²) < 4.78 is 13.9. The number of fused-ring (bicyclic) bond motifs is 1. The minimum absolute atomic E-state index is 0.480. The van der Waals surface area contributed by atoms with Crippen LogP contribution in [0.25, 0.3) is 11.0 Å². The van der Waals surface area contributed by atoms with Gasteiger partial charge in [0.15, 0.2) is 5.96 Å². The Balaban J connectivity index is 1.32. The quantitative estimate of drug-likeness (QED) is 0.419. The Bertz CT molecular complexity index is 1070. The summed E-state index contributed by atoms with van der Waals surface area (Å²) in [5.41, 5.74) is 4.50. The van der Waals surface area contributed by atoms with Crippen molar-refractivity contribution >= 4 is 17.0 Å². The zero-order valence-corrected chi connectivity index (χ0v) is 19.2. The van der Waals surface area contributed by atoms with E-state index in [1.165, 1.54) is 5.56 Å². The number of ether oxygens (including phenoxy) is 2. The third-order valence-corrected chi connectivity index (χ3v) is 5.86. The molecule has 0 radical (unpaired) electrons. The Hall–Kier alpha value is -3.06. The Labute approximate surface area is 189 Å². The predicted molar refractivity (Wildman–Crippen MR) is 128 cm³/mol. The molecular formula is C25H33N5O2. The highest BCUT2D eigenvalue weighted by atomic mass is 16.5. The van der Waals surface area contributed by atoms with Crippen LogP contribution in [0.2, 0.25) is 0 Å². The Morgan fingerprint density at radius 2 is 2.09 bits per heavy atom. The molecule has 0 spiro atoms. The molecule has 170 valence electrons. The molecule has 1 fully saturated rings. The minimum atomic E-state index is 0.480. The summed E-state index contributed by atoms with van der Waals surface area (Å²) >= 11 is 0. The van der Waals surface area contributed by atoms with Crippen molar-refractivity contribution in [3.63, 3.8) is 0 Å². The number of nitrogens with one attached hydrogen (secondary N) is 2. The summed E-state index contributed by atoms with van der Waals surface area (Å²) in [4.78, 5) is 9.01. The van der Waals surface area contributed by atoms with E-state index >= 15 is 0 Å². The molecule has 1 atom stereocenters. The van der Waals surface area contributed by atoms with Gasteiger partial charge in [-0.05, 0) is 44.0 Å². The highest BCUT2D eigenvalue weighted by Crippen LogP contribution is 2.22. The molecule has 3 aromatic rings. The fraction of sp³-hybridized carbons (Fsp3) is 0.440. The number of guanidine groups is 1. The van der Waals surface area contributed by atoms with Gasteiger partial charge in [0.25, 0.3) is 0 Å². The third-order valence-electron chi connectivity index (χ3n) is 5.86. The Kier molecular flexibility index (Phi) is 7.27. The van der Waals surface area contributed by atoms with Crippen molar-refractivity contribution < 1.29 is 9.47 Å². The Morgan fingerprint density at radius 3 is 2.91 bits per heavy atom. The van der Waals surface area contributed by atoms with Gasteiger partial charge >= 0.3 is 0 Å². The number of para-hydroxylation sites is 2. The maximum Gasteiger partial charge on any atom is 0.191 e. The SMILES string of the molecule is CN=C(NCCn1c(C)nc2ccccc21)NCc1ccc(C)cc1OCC1CCOC1. The van der Waals surface area contributed by atoms with Gasteiger partial charge in [-0.3, -0.25) is 4.99 Å². The first-order valence-corrected chi connectivity index (χ1v) is 11.3. The number of aliphatic imine (C=N–C) groups is 1. The standard InChI is InChI=1S/C25H33N5O2/c1-18-8-9-21(24(14-18)32-17-20-10-13-31-16-20)15-28-25(26-3)27-11-12-30-19(2)29-22-6-4-5-7-23(22)30/h4-9,14,20H,10-13,15-17H2,1-3H3,(H2,26,27,28). The van der Waals surface area contributed by atoms with Crippen LogP contribution in [0.4, 0.5) is 0 Å². The van der Waals surface area contributed by atoms with Gasteiger partial charge in [0.1, 0.15) is 11.6 Å². The summed E-state index contributed by atoms with van der Waals surface area (Å²) in [6.45, 7) is 8.67. The molecule has 0 bridgehead atoms. The molecule has 0 amide bonds. The summed E-state index contributed by atoms with van der Waals surface area (Å²) in [5, 5.41) is 6.83. The van der Waals surface area contributed by atoms with Crippen LogP contribution >= 0.6 is 0 Å². The molecule has 2 heterocycles. The van der Waals surface area contributed by atoms with Crippen molar-refractivity contribution in [2.24, 2.45) is 10.9 Å². The number of imidazole rings is 1. The molecule has 32 heavy (non-hydrogen) atoms. The van der Waals surface area contributed by atoms with Crippen molar-refractivity contribution in [2.75, 3.05) is 33.4 Å². The van der Waals surface area contributed by atoms with Gasteiger partial charge in [-0.1, -0.05) is 24.3 Å². The second-order valence-corrected chi connectivity index (χ2v) is 8.30. The van der Waals surface area contributed by atoms with Gasteiger partial charge in [-0.2, -0.15) is 0 Å². The molecule has 1 aliphatic heterocycles. The molecule has 2 N–H and O–H groups in total. The van der Waals surface area contributed by atoms with Crippen molar-refractivity contribution in [3.8, 4) is 5.75 Å². The minimum Gasteiger partial charge on any atom is -0.493 e. The summed E-state index contributed by atoms with van der Waals surface area (Å²) in [5.74, 6) is 3.20. The van der Waals surface area contributed by atoms with E-state index in [0.717, 1.165) is 66.9 Å². The molecule has 1 saturated heterocycles. The van der Waals surface area contributed by atoms with Crippen LogP contribution in [-0.2, 0) is 17.8 Å². The number of rotatable bonds is 8. The number of aromatic nitrogens is 2. The summed E-state index contributed by atoms with van der Waals surface area (Å²) in [6, 6.07) is 14.6. The summed E-state index contributed by atoms with van der Waals surface area (Å²) in [6.07, 6.45) is 1.07. The second kappa shape index (κ2) is 10.5. The van der Waals surface area contributed by atoms with E-state index in [1.54, 1.807) is 7.05 Å². The lowest BCUT2D eigenvalue weighted by atomic mass is 10.1. The highest BCUT2D eigenvalue weighted by molar-refractivity contribution is 5.79. The van der Waals surface area contributed by atoms with Crippen molar-refractivity contribution in [3.05, 3.63) is 59.4 Å². The number of aryl methyl sites for hydroxylation is 2. The largest absolute Gasteiger partial charge is 0.493 e. The third kappa shape index (κ3) is 5.40. The molecule has 1 aliphatic rings. The average Bonchev–Trinajstić information content (AvgIpc) is 3.43. The number of hydrogen-bond acceptors (Lipinski definition) is 4. The molecule has 1 unspecified atom stereocenters. The van der Waals surface area contributed by atoms with Crippen molar-refractivity contribution in [1.29, 1.82) is 0 Å². The maximum absolute atomic E-state index is 6.16. The van der Waals surface area contributed by atoms with Crippen molar-refractivity contribution in [1.82, 2.24) is 20.2 Å². The lowest BCUT2D eigenvalue weighted by Crippen LogP contribution is -2.38. The Morgan fingerprint density at radius 1 is 1.22 bits per heavy atom. The molecule has 7 heteroatoms. The monoisotopic (exact) mass is 435 g/mol. The van der Waals surface area contributed by atoms with E-state index in [9.17, 15) is 0 Å². The smallest absolute Gasteiger partial charge is 0.191 e. The van der Waals surface area contributed by atoms with Crippen LogP contribution in [0.1, 0.15) is 23.4 Å². The lowest BCUT2D eigenvalue weighted by Gasteiger charge is -2.17. The second-order valence-electron chi connectivity index (χ2n) is 8.30. The first kappa shape index (κ1) is 22.1. The topological polar surface area (TPSA) is 72.7 Å². The maximum atomic E-state index is 6.16. The molecular weight excluding hydrogens is 402 g/mol. The van der Waals surface area contributed by atoms with E-state index in [0.29, 0.717) is 19.1 Å². The van der Waals surface area contributed by atoms with Crippen LogP contribution in [-0.4, -0.2) is 48.9 Å². The highest BCUT2D eigenvalue weighted by Gasteiger charge is 2.17. The van der Waals surface area contributed by atoms with Crippen LogP contribution in [0.15, 0.2) is 47.5 Å². The number of benzene rings is 2. The zero-order chi connectivity index (χ0) is 22.3. The van der Waals surface area contributed by atoms with Crippen LogP contribution in [0.5, 0.6) is 5.75 Å². The molecule has 1 aromatic heterocycles.